The molecule has 0 aliphatic rings. The fraction of sp³-hybridized carbons (Fsp3) is 0.438. The van der Waals surface area contributed by atoms with Crippen molar-refractivity contribution in [2.45, 2.75) is 26.9 Å². The molecule has 1 heterocycles. The summed E-state index contributed by atoms with van der Waals surface area (Å²) in [4.78, 5) is 0. The summed E-state index contributed by atoms with van der Waals surface area (Å²) < 4.78 is 7.26. The van der Waals surface area contributed by atoms with Crippen LogP contribution in [-0.2, 0) is 13.1 Å². The Labute approximate surface area is 131 Å². The summed E-state index contributed by atoms with van der Waals surface area (Å²) in [6, 6.07) is 7.66. The van der Waals surface area contributed by atoms with E-state index in [1.54, 1.807) is 7.11 Å². The number of hydrogen-bond donors (Lipinski definition) is 1. The highest BCUT2D eigenvalue weighted by molar-refractivity contribution is 6.30. The molecule has 0 unspecified atom stereocenters. The van der Waals surface area contributed by atoms with E-state index in [-0.39, 0.29) is 0 Å². The molecule has 1 N–H and O–H groups in total. The monoisotopic (exact) mass is 307 g/mol. The van der Waals surface area contributed by atoms with Crippen molar-refractivity contribution < 1.29 is 4.74 Å². The number of halogens is 1. The molecule has 1 aromatic heterocycles. The van der Waals surface area contributed by atoms with Crippen LogP contribution in [0.3, 0.4) is 0 Å². The van der Waals surface area contributed by atoms with Crippen molar-refractivity contribution in [2.24, 2.45) is 5.92 Å². The standard InChI is InChI=1S/C16H22ClN3O/c1-12(2)9-18-10-15-6-7-20(19-15)11-13-8-14(17)4-5-16(13)21-3/h4-8,12,18H,9-11H2,1-3H3. The van der Waals surface area contributed by atoms with E-state index in [2.05, 4.69) is 24.3 Å². The number of hydrogen-bond acceptors (Lipinski definition) is 3. The highest BCUT2D eigenvalue weighted by Gasteiger charge is 2.06. The van der Waals surface area contributed by atoms with E-state index in [1.165, 1.54) is 0 Å². The lowest BCUT2D eigenvalue weighted by Gasteiger charge is -2.09. The van der Waals surface area contributed by atoms with Crippen LogP contribution < -0.4 is 10.1 Å². The van der Waals surface area contributed by atoms with Gasteiger partial charge in [0.05, 0.1) is 19.3 Å². The van der Waals surface area contributed by atoms with E-state index in [0.29, 0.717) is 17.5 Å². The lowest BCUT2D eigenvalue weighted by Crippen LogP contribution is -2.19. The van der Waals surface area contributed by atoms with Gasteiger partial charge in [-0.05, 0) is 36.7 Å². The van der Waals surface area contributed by atoms with Gasteiger partial charge in [0, 0.05) is 23.3 Å². The van der Waals surface area contributed by atoms with Gasteiger partial charge < -0.3 is 10.1 Å². The Morgan fingerprint density at radius 2 is 2.14 bits per heavy atom. The predicted molar refractivity (Wildman–Crippen MR) is 85.9 cm³/mol. The third-order valence-electron chi connectivity index (χ3n) is 3.13. The first-order valence-electron chi connectivity index (χ1n) is 7.14. The third-order valence-corrected chi connectivity index (χ3v) is 3.36. The lowest BCUT2D eigenvalue weighted by molar-refractivity contribution is 0.407. The van der Waals surface area contributed by atoms with E-state index >= 15 is 0 Å². The largest absolute Gasteiger partial charge is 0.496 e. The van der Waals surface area contributed by atoms with Crippen LogP contribution in [-0.4, -0.2) is 23.4 Å². The van der Waals surface area contributed by atoms with Gasteiger partial charge in [-0.15, -0.1) is 0 Å². The third kappa shape index (κ3) is 4.76. The Balaban J connectivity index is 2.00. The van der Waals surface area contributed by atoms with Gasteiger partial charge in [0.2, 0.25) is 0 Å². The Hall–Kier alpha value is -1.52. The second kappa shape index (κ2) is 7.48. The van der Waals surface area contributed by atoms with Gasteiger partial charge in [0.25, 0.3) is 0 Å². The molecule has 0 spiro atoms. The van der Waals surface area contributed by atoms with E-state index in [1.807, 2.05) is 35.1 Å². The zero-order valence-corrected chi connectivity index (χ0v) is 13.5. The van der Waals surface area contributed by atoms with Crippen LogP contribution >= 0.6 is 11.6 Å². The fourth-order valence-corrected chi connectivity index (χ4v) is 2.31. The topological polar surface area (TPSA) is 39.1 Å². The summed E-state index contributed by atoms with van der Waals surface area (Å²) >= 11 is 6.05. The van der Waals surface area contributed by atoms with Gasteiger partial charge in [-0.3, -0.25) is 4.68 Å². The molecule has 0 fully saturated rings. The highest BCUT2D eigenvalue weighted by atomic mass is 35.5. The van der Waals surface area contributed by atoms with Crippen LogP contribution in [0.2, 0.25) is 5.02 Å². The molecular weight excluding hydrogens is 286 g/mol. The van der Waals surface area contributed by atoms with Crippen molar-refractivity contribution in [3.63, 3.8) is 0 Å². The number of methoxy groups -OCH3 is 1. The van der Waals surface area contributed by atoms with Crippen LogP contribution in [0.5, 0.6) is 5.75 Å². The Bertz CT molecular complexity index is 581. The maximum Gasteiger partial charge on any atom is 0.124 e. The van der Waals surface area contributed by atoms with Crippen LogP contribution in [0, 0.1) is 5.92 Å². The maximum atomic E-state index is 6.05. The van der Waals surface area contributed by atoms with Crippen molar-refractivity contribution in [2.75, 3.05) is 13.7 Å². The minimum atomic E-state index is 0.641. The van der Waals surface area contributed by atoms with Crippen LogP contribution in [0.1, 0.15) is 25.1 Å². The van der Waals surface area contributed by atoms with Gasteiger partial charge in [-0.25, -0.2) is 0 Å². The predicted octanol–water partition coefficient (Wildman–Crippen LogP) is 3.34. The van der Waals surface area contributed by atoms with Gasteiger partial charge in [0.1, 0.15) is 5.75 Å². The Morgan fingerprint density at radius 1 is 1.33 bits per heavy atom. The number of aromatic nitrogens is 2. The zero-order valence-electron chi connectivity index (χ0n) is 12.8. The first kappa shape index (κ1) is 15.9. The number of rotatable bonds is 7. The van der Waals surface area contributed by atoms with Crippen molar-refractivity contribution in [1.82, 2.24) is 15.1 Å². The number of nitrogens with zero attached hydrogens (tertiary/aromatic N) is 2. The molecular formula is C16H22ClN3O. The molecule has 0 aliphatic heterocycles. The minimum absolute atomic E-state index is 0.641. The summed E-state index contributed by atoms with van der Waals surface area (Å²) in [5, 5.41) is 8.66. The lowest BCUT2D eigenvalue weighted by atomic mass is 10.2. The smallest absolute Gasteiger partial charge is 0.124 e. The van der Waals surface area contributed by atoms with E-state index in [0.717, 1.165) is 30.1 Å². The molecule has 5 heteroatoms. The quantitative estimate of drug-likeness (QED) is 0.852. The number of benzene rings is 1. The molecule has 0 aliphatic carbocycles. The molecule has 0 saturated carbocycles. The molecule has 21 heavy (non-hydrogen) atoms. The van der Waals surface area contributed by atoms with E-state index in [4.69, 9.17) is 16.3 Å². The van der Waals surface area contributed by atoms with Gasteiger partial charge >= 0.3 is 0 Å². The summed E-state index contributed by atoms with van der Waals surface area (Å²) in [6.45, 7) is 6.81. The first-order valence-corrected chi connectivity index (χ1v) is 7.51. The molecule has 0 bridgehead atoms. The van der Waals surface area contributed by atoms with E-state index < -0.39 is 0 Å². The average molecular weight is 308 g/mol. The van der Waals surface area contributed by atoms with Crippen LogP contribution in [0.4, 0.5) is 0 Å². The molecule has 1 aromatic carbocycles. The minimum Gasteiger partial charge on any atom is -0.496 e. The van der Waals surface area contributed by atoms with Crippen molar-refractivity contribution >= 4 is 11.6 Å². The highest BCUT2D eigenvalue weighted by Crippen LogP contribution is 2.23. The fourth-order valence-electron chi connectivity index (χ4n) is 2.12. The Morgan fingerprint density at radius 3 is 2.86 bits per heavy atom. The molecule has 2 rings (SSSR count). The molecule has 4 nitrogen and oxygen atoms in total. The average Bonchev–Trinajstić information content (AvgIpc) is 2.86. The molecule has 114 valence electrons. The summed E-state index contributed by atoms with van der Waals surface area (Å²) in [5.74, 6) is 1.47. The van der Waals surface area contributed by atoms with Crippen molar-refractivity contribution in [3.8, 4) is 5.75 Å². The Kier molecular flexibility index (Phi) is 5.65. The van der Waals surface area contributed by atoms with Gasteiger partial charge in [-0.1, -0.05) is 25.4 Å². The summed E-state index contributed by atoms with van der Waals surface area (Å²) in [6.07, 6.45) is 1.98. The molecule has 0 saturated heterocycles. The van der Waals surface area contributed by atoms with Gasteiger partial charge in [-0.2, -0.15) is 5.10 Å². The maximum absolute atomic E-state index is 6.05. The molecule has 0 amide bonds. The van der Waals surface area contributed by atoms with Crippen LogP contribution in [0.25, 0.3) is 0 Å². The zero-order chi connectivity index (χ0) is 15.2. The molecule has 0 radical (unpaired) electrons. The first-order chi connectivity index (χ1) is 10.1. The molecule has 0 atom stereocenters. The van der Waals surface area contributed by atoms with Crippen molar-refractivity contribution in [1.29, 1.82) is 0 Å². The van der Waals surface area contributed by atoms with E-state index in [9.17, 15) is 0 Å². The van der Waals surface area contributed by atoms with Crippen LogP contribution in [0.15, 0.2) is 30.5 Å². The SMILES string of the molecule is COc1ccc(Cl)cc1Cn1ccc(CNCC(C)C)n1. The second-order valence-electron chi connectivity index (χ2n) is 5.49. The molecule has 2 aromatic rings. The second-order valence-corrected chi connectivity index (χ2v) is 5.92. The number of ether oxygens (including phenoxy) is 1. The summed E-state index contributed by atoms with van der Waals surface area (Å²) in [7, 11) is 1.66. The summed E-state index contributed by atoms with van der Waals surface area (Å²) in [5.41, 5.74) is 2.06. The van der Waals surface area contributed by atoms with Crippen molar-refractivity contribution in [3.05, 3.63) is 46.7 Å². The number of nitrogens with one attached hydrogen (secondary N) is 1. The van der Waals surface area contributed by atoms with Gasteiger partial charge in [0.15, 0.2) is 0 Å². The normalized spacial score (nSPS) is 11.1.